The summed E-state index contributed by atoms with van der Waals surface area (Å²) in [6, 6.07) is 24.4. The fraction of sp³-hybridized carbons (Fsp3) is 0.120. The van der Waals surface area contributed by atoms with Gasteiger partial charge in [0.2, 0.25) is 5.95 Å². The summed E-state index contributed by atoms with van der Waals surface area (Å²) in [4.78, 5) is 4.62. The lowest BCUT2D eigenvalue weighted by atomic mass is 10.1. The normalized spacial score (nSPS) is 11.7. The molecule has 0 saturated heterocycles. The maximum atomic E-state index is 6.43. The summed E-state index contributed by atoms with van der Waals surface area (Å²) < 4.78 is 4.28. The van der Waals surface area contributed by atoms with Crippen LogP contribution >= 0.6 is 11.6 Å². The van der Waals surface area contributed by atoms with Crippen LogP contribution in [0.3, 0.4) is 0 Å². The summed E-state index contributed by atoms with van der Waals surface area (Å²) in [7, 11) is 1.98. The van der Waals surface area contributed by atoms with Gasteiger partial charge in [0.1, 0.15) is 0 Å². The van der Waals surface area contributed by atoms with Gasteiger partial charge in [-0.2, -0.15) is 5.10 Å². The summed E-state index contributed by atoms with van der Waals surface area (Å²) >= 11 is 6.43. The third kappa shape index (κ3) is 3.47. The second kappa shape index (κ2) is 7.93. The van der Waals surface area contributed by atoms with E-state index < -0.39 is 0 Å². The molecule has 31 heavy (non-hydrogen) atoms. The molecule has 0 aliphatic rings. The van der Waals surface area contributed by atoms with Gasteiger partial charge in [0.05, 0.1) is 17.2 Å². The van der Waals surface area contributed by atoms with Crippen LogP contribution in [0.2, 0.25) is 5.02 Å². The largest absolute Gasteiger partial charge is 0.340 e. The van der Waals surface area contributed by atoms with Crippen LogP contribution in [-0.4, -0.2) is 20.3 Å². The molecular weight excluding hydrogens is 406 g/mol. The van der Waals surface area contributed by atoms with E-state index in [1.807, 2.05) is 60.3 Å². The number of anilines is 1. The SMILES string of the molecule is Cc1c(/C=N\Nc2nc3ccccc3n2C)c2ccccc2n1Cc1ccccc1Cl. The van der Waals surface area contributed by atoms with Gasteiger partial charge in [0.25, 0.3) is 0 Å². The molecule has 0 fully saturated rings. The summed E-state index contributed by atoms with van der Waals surface area (Å²) in [5.74, 6) is 0.704. The molecule has 0 spiro atoms. The minimum absolute atomic E-state index is 0.704. The van der Waals surface area contributed by atoms with E-state index in [1.54, 1.807) is 0 Å². The van der Waals surface area contributed by atoms with Crippen LogP contribution in [0.15, 0.2) is 77.9 Å². The van der Waals surface area contributed by atoms with Gasteiger partial charge < -0.3 is 9.13 Å². The van der Waals surface area contributed by atoms with Gasteiger partial charge in [0.15, 0.2) is 0 Å². The fourth-order valence-corrected chi connectivity index (χ4v) is 4.22. The maximum absolute atomic E-state index is 6.43. The molecule has 6 heteroatoms. The molecule has 3 aromatic carbocycles. The van der Waals surface area contributed by atoms with Crippen LogP contribution in [0, 0.1) is 6.92 Å². The summed E-state index contributed by atoms with van der Waals surface area (Å²) in [5.41, 5.74) is 9.57. The van der Waals surface area contributed by atoms with Gasteiger partial charge in [0, 0.05) is 40.8 Å². The van der Waals surface area contributed by atoms with Crippen LogP contribution in [0.5, 0.6) is 0 Å². The Morgan fingerprint density at radius 3 is 2.48 bits per heavy atom. The Kier molecular flexibility index (Phi) is 4.96. The number of hydrogen-bond donors (Lipinski definition) is 1. The quantitative estimate of drug-likeness (QED) is 0.277. The molecule has 154 valence electrons. The van der Waals surface area contributed by atoms with Crippen molar-refractivity contribution < 1.29 is 0 Å². The predicted octanol–water partition coefficient (Wildman–Crippen LogP) is 5.98. The van der Waals surface area contributed by atoms with E-state index in [-0.39, 0.29) is 0 Å². The van der Waals surface area contributed by atoms with Crippen molar-refractivity contribution in [3.8, 4) is 0 Å². The Morgan fingerprint density at radius 2 is 1.68 bits per heavy atom. The molecule has 0 aliphatic carbocycles. The van der Waals surface area contributed by atoms with Crippen LogP contribution < -0.4 is 5.43 Å². The molecule has 0 radical (unpaired) electrons. The van der Waals surface area contributed by atoms with Gasteiger partial charge in [-0.05, 0) is 36.8 Å². The van der Waals surface area contributed by atoms with Crippen LogP contribution in [0.1, 0.15) is 16.8 Å². The standard InChI is InChI=1S/C25H22ClN5/c1-17-20(15-27-29-25-28-22-12-6-8-14-24(22)30(25)2)19-10-4-7-13-23(19)31(17)16-18-9-3-5-11-21(18)26/h3-15H,16H2,1-2H3,(H,28,29)/b27-15-. The van der Waals surface area contributed by atoms with Gasteiger partial charge >= 0.3 is 0 Å². The van der Waals surface area contributed by atoms with E-state index in [0.717, 1.165) is 43.8 Å². The lowest BCUT2D eigenvalue weighted by molar-refractivity contribution is 0.804. The second-order valence-electron chi connectivity index (χ2n) is 7.55. The minimum atomic E-state index is 0.704. The summed E-state index contributed by atoms with van der Waals surface area (Å²) in [6.07, 6.45) is 1.88. The maximum Gasteiger partial charge on any atom is 0.224 e. The number of nitrogens with zero attached hydrogens (tertiary/aromatic N) is 4. The van der Waals surface area contributed by atoms with E-state index in [9.17, 15) is 0 Å². The molecule has 5 nitrogen and oxygen atoms in total. The number of nitrogens with one attached hydrogen (secondary N) is 1. The topological polar surface area (TPSA) is 47.1 Å². The van der Waals surface area contributed by atoms with Crippen molar-refractivity contribution in [2.75, 3.05) is 5.43 Å². The van der Waals surface area contributed by atoms with Crippen molar-refractivity contribution in [1.82, 2.24) is 14.1 Å². The highest BCUT2D eigenvalue weighted by atomic mass is 35.5. The molecule has 1 N–H and O–H groups in total. The highest BCUT2D eigenvalue weighted by molar-refractivity contribution is 6.31. The number of imidazole rings is 1. The number of aryl methyl sites for hydroxylation is 1. The van der Waals surface area contributed by atoms with Crippen LogP contribution in [0.25, 0.3) is 21.9 Å². The van der Waals surface area contributed by atoms with E-state index in [0.29, 0.717) is 12.5 Å². The van der Waals surface area contributed by atoms with E-state index >= 15 is 0 Å². The number of hydrazone groups is 1. The zero-order chi connectivity index (χ0) is 21.4. The monoisotopic (exact) mass is 427 g/mol. The molecule has 0 bridgehead atoms. The van der Waals surface area contributed by atoms with Crippen molar-refractivity contribution in [2.24, 2.45) is 12.1 Å². The summed E-state index contributed by atoms with van der Waals surface area (Å²) in [6.45, 7) is 2.82. The van der Waals surface area contributed by atoms with Crippen molar-refractivity contribution in [3.05, 3.63) is 94.6 Å². The van der Waals surface area contributed by atoms with Gasteiger partial charge in [-0.15, -0.1) is 0 Å². The van der Waals surface area contributed by atoms with Gasteiger partial charge in [-0.1, -0.05) is 60.1 Å². The van der Waals surface area contributed by atoms with Crippen molar-refractivity contribution in [3.63, 3.8) is 0 Å². The highest BCUT2D eigenvalue weighted by Gasteiger charge is 2.14. The molecule has 0 saturated carbocycles. The van der Waals surface area contributed by atoms with Crippen molar-refractivity contribution in [2.45, 2.75) is 13.5 Å². The van der Waals surface area contributed by atoms with Crippen LogP contribution in [-0.2, 0) is 13.6 Å². The first-order chi connectivity index (χ1) is 15.1. The predicted molar refractivity (Wildman–Crippen MR) is 129 cm³/mol. The Labute approximate surface area is 185 Å². The molecular formula is C25H22ClN5. The van der Waals surface area contributed by atoms with Gasteiger partial charge in [-0.3, -0.25) is 0 Å². The first-order valence-corrected chi connectivity index (χ1v) is 10.5. The molecule has 5 aromatic rings. The number of hydrogen-bond acceptors (Lipinski definition) is 3. The van der Waals surface area contributed by atoms with E-state index in [1.165, 1.54) is 0 Å². The Morgan fingerprint density at radius 1 is 0.968 bits per heavy atom. The molecule has 0 amide bonds. The number of aromatic nitrogens is 3. The number of para-hydroxylation sites is 3. The fourth-order valence-electron chi connectivity index (χ4n) is 4.02. The van der Waals surface area contributed by atoms with Crippen molar-refractivity contribution >= 4 is 45.7 Å². The highest BCUT2D eigenvalue weighted by Crippen LogP contribution is 2.27. The van der Waals surface area contributed by atoms with E-state index in [2.05, 4.69) is 57.3 Å². The average Bonchev–Trinajstić information content (AvgIpc) is 3.25. The number of rotatable bonds is 5. The molecule has 0 atom stereocenters. The lowest BCUT2D eigenvalue weighted by Gasteiger charge is -2.10. The average molecular weight is 428 g/mol. The third-order valence-corrected chi connectivity index (χ3v) is 6.08. The molecule has 2 heterocycles. The number of halogens is 1. The lowest BCUT2D eigenvalue weighted by Crippen LogP contribution is -2.03. The third-order valence-electron chi connectivity index (χ3n) is 5.71. The Balaban J connectivity index is 1.50. The zero-order valence-electron chi connectivity index (χ0n) is 17.4. The smallest absolute Gasteiger partial charge is 0.224 e. The second-order valence-corrected chi connectivity index (χ2v) is 7.95. The van der Waals surface area contributed by atoms with E-state index in [4.69, 9.17) is 11.6 Å². The molecule has 5 rings (SSSR count). The zero-order valence-corrected chi connectivity index (χ0v) is 18.1. The Bertz CT molecular complexity index is 1430. The first-order valence-electron chi connectivity index (χ1n) is 10.2. The Hall–Kier alpha value is -3.57. The molecule has 0 unspecified atom stereocenters. The molecule has 0 aliphatic heterocycles. The van der Waals surface area contributed by atoms with Crippen molar-refractivity contribution in [1.29, 1.82) is 0 Å². The van der Waals surface area contributed by atoms with Crippen LogP contribution in [0.4, 0.5) is 5.95 Å². The molecule has 2 aromatic heterocycles. The summed E-state index contributed by atoms with van der Waals surface area (Å²) in [5, 5.41) is 6.45. The first kappa shape index (κ1) is 19.4. The number of benzene rings is 3. The van der Waals surface area contributed by atoms with Gasteiger partial charge in [-0.25, -0.2) is 10.4 Å². The number of fused-ring (bicyclic) bond motifs is 2. The minimum Gasteiger partial charge on any atom is -0.340 e.